The molecule has 0 saturated carbocycles. The summed E-state index contributed by atoms with van der Waals surface area (Å²) in [6, 6.07) is 0. The highest BCUT2D eigenvalue weighted by Crippen LogP contribution is 2.06. The van der Waals surface area contributed by atoms with Gasteiger partial charge in [0.15, 0.2) is 24.3 Å². The molecule has 0 unspecified atom stereocenters. The molecule has 0 aromatic heterocycles. The van der Waals surface area contributed by atoms with Crippen LogP contribution in [0.1, 0.15) is 0 Å². The van der Waals surface area contributed by atoms with Crippen LogP contribution in [-0.4, -0.2) is 47.6 Å². The molecule has 0 aliphatic carbocycles. The Morgan fingerprint density at radius 2 is 1.42 bits per heavy atom. The first-order valence-electron chi connectivity index (χ1n) is 3.06. The minimum absolute atomic E-state index is 0.322. The Kier molecular flexibility index (Phi) is 3.67. The van der Waals surface area contributed by atoms with E-state index in [-0.39, 0.29) is 6.61 Å². The monoisotopic (exact) mass is 216 g/mol. The number of hydrogen-bond acceptors (Lipinski definition) is 5. The molecule has 0 N–H and O–H groups in total. The minimum atomic E-state index is -3.60. The number of methoxy groups -OCH3 is 1. The lowest BCUT2D eigenvalue weighted by atomic mass is 10.8. The minimum Gasteiger partial charge on any atom is -0.382 e. The maximum absolute atomic E-state index is 10.9. The van der Waals surface area contributed by atoms with Gasteiger partial charge in [0.2, 0.25) is 0 Å². The molecule has 0 spiro atoms. The average Bonchev–Trinajstić information content (AvgIpc) is 1.77. The van der Waals surface area contributed by atoms with Crippen molar-refractivity contribution in [3.05, 3.63) is 0 Å². The molecule has 0 aliphatic rings. The normalized spacial score (nSPS) is 13.7. The number of ether oxygens (including phenoxy) is 1. The molecular weight excluding hydrogens is 204 g/mol. The second kappa shape index (κ2) is 3.71. The van der Waals surface area contributed by atoms with Gasteiger partial charge in [0.05, 0.1) is 6.61 Å². The molecule has 0 amide bonds. The van der Waals surface area contributed by atoms with Crippen LogP contribution >= 0.6 is 0 Å². The molecule has 0 aromatic rings. The Morgan fingerprint density at radius 3 is 1.50 bits per heavy atom. The highest BCUT2D eigenvalue weighted by atomic mass is 32.3. The molecule has 0 radical (unpaired) electrons. The smallest absolute Gasteiger partial charge is 0.185 e. The molecular formula is C5H12O5S2. The first-order chi connectivity index (χ1) is 5.19. The van der Waals surface area contributed by atoms with Gasteiger partial charge in [-0.2, -0.15) is 0 Å². The predicted octanol–water partition coefficient (Wildman–Crippen LogP) is -0.952. The Balaban J connectivity index is 4.97. The van der Waals surface area contributed by atoms with Crippen LogP contribution in [0.2, 0.25) is 0 Å². The van der Waals surface area contributed by atoms with Gasteiger partial charge in [-0.05, 0) is 0 Å². The van der Waals surface area contributed by atoms with E-state index < -0.39 is 24.3 Å². The molecule has 0 atom stereocenters. The zero-order valence-electron chi connectivity index (χ0n) is 7.14. The third-order valence-corrected chi connectivity index (χ3v) is 5.54. The van der Waals surface area contributed by atoms with Crippen molar-refractivity contribution in [3.8, 4) is 0 Å². The highest BCUT2D eigenvalue weighted by molar-refractivity contribution is 8.08. The van der Waals surface area contributed by atoms with Crippen LogP contribution < -0.4 is 0 Å². The Labute approximate surface area is 72.6 Å². The van der Waals surface area contributed by atoms with E-state index in [4.69, 9.17) is 0 Å². The molecule has 0 saturated heterocycles. The zero-order valence-corrected chi connectivity index (χ0v) is 8.78. The lowest BCUT2D eigenvalue weighted by Gasteiger charge is -2.10. The van der Waals surface area contributed by atoms with Crippen LogP contribution in [0.25, 0.3) is 0 Å². The standard InChI is InChI=1S/C5H12O5S2/c1-10-4-5(11(2,6)7)12(3,8)9/h5H,4H2,1-3H3. The molecule has 0 aliphatic heterocycles. The molecule has 0 aromatic carbocycles. The van der Waals surface area contributed by atoms with Crippen molar-refractivity contribution in [3.63, 3.8) is 0 Å². The largest absolute Gasteiger partial charge is 0.382 e. The summed E-state index contributed by atoms with van der Waals surface area (Å²) in [4.78, 5) is 0. The van der Waals surface area contributed by atoms with Crippen molar-refractivity contribution in [1.82, 2.24) is 0 Å². The maximum atomic E-state index is 10.9. The second-order valence-electron chi connectivity index (χ2n) is 2.54. The summed E-state index contributed by atoms with van der Waals surface area (Å²) in [5.74, 6) is 0. The van der Waals surface area contributed by atoms with Crippen molar-refractivity contribution in [2.45, 2.75) is 4.58 Å². The van der Waals surface area contributed by atoms with Crippen molar-refractivity contribution < 1.29 is 21.6 Å². The van der Waals surface area contributed by atoms with Crippen molar-refractivity contribution in [2.24, 2.45) is 0 Å². The van der Waals surface area contributed by atoms with Crippen molar-refractivity contribution in [1.29, 1.82) is 0 Å². The topological polar surface area (TPSA) is 77.5 Å². The molecule has 12 heavy (non-hydrogen) atoms. The van der Waals surface area contributed by atoms with E-state index >= 15 is 0 Å². The summed E-state index contributed by atoms with van der Waals surface area (Å²) in [6.07, 6.45) is 1.75. The van der Waals surface area contributed by atoms with Crippen LogP contribution in [-0.2, 0) is 24.4 Å². The summed E-state index contributed by atoms with van der Waals surface area (Å²) >= 11 is 0. The summed E-state index contributed by atoms with van der Waals surface area (Å²) in [6.45, 7) is -0.322. The van der Waals surface area contributed by atoms with E-state index in [0.29, 0.717) is 0 Å². The average molecular weight is 216 g/mol. The number of rotatable bonds is 4. The summed E-state index contributed by atoms with van der Waals surface area (Å²) in [5.41, 5.74) is 0. The van der Waals surface area contributed by atoms with Crippen molar-refractivity contribution >= 4 is 19.7 Å². The molecule has 0 rings (SSSR count). The van der Waals surface area contributed by atoms with Crippen LogP contribution in [0.3, 0.4) is 0 Å². The van der Waals surface area contributed by atoms with E-state index in [1.165, 1.54) is 7.11 Å². The van der Waals surface area contributed by atoms with Gasteiger partial charge < -0.3 is 4.74 Å². The molecule has 0 fully saturated rings. The first kappa shape index (κ1) is 11.9. The summed E-state index contributed by atoms with van der Waals surface area (Å²) in [7, 11) is -5.94. The molecule has 0 bridgehead atoms. The molecule has 0 heterocycles. The van der Waals surface area contributed by atoms with Gasteiger partial charge in [0, 0.05) is 19.6 Å². The van der Waals surface area contributed by atoms with E-state index in [1.54, 1.807) is 0 Å². The highest BCUT2D eigenvalue weighted by Gasteiger charge is 2.30. The third kappa shape index (κ3) is 3.51. The zero-order chi connectivity index (χ0) is 9.99. The van der Waals surface area contributed by atoms with Gasteiger partial charge in [-0.3, -0.25) is 0 Å². The molecule has 7 heteroatoms. The lowest BCUT2D eigenvalue weighted by Crippen LogP contribution is -2.32. The first-order valence-corrected chi connectivity index (χ1v) is 6.97. The molecule has 5 nitrogen and oxygen atoms in total. The van der Waals surface area contributed by atoms with E-state index in [1.807, 2.05) is 0 Å². The summed E-state index contributed by atoms with van der Waals surface area (Å²) < 4.78 is 46.7. The van der Waals surface area contributed by atoms with E-state index in [0.717, 1.165) is 12.5 Å². The Bertz CT molecular complexity index is 293. The fraction of sp³-hybridized carbons (Fsp3) is 1.00. The van der Waals surface area contributed by atoms with Crippen molar-refractivity contribution in [2.75, 3.05) is 26.2 Å². The van der Waals surface area contributed by atoms with Gasteiger partial charge in [-0.1, -0.05) is 0 Å². The number of hydrogen-bond donors (Lipinski definition) is 0. The van der Waals surface area contributed by atoms with Crippen LogP contribution in [0, 0.1) is 0 Å². The van der Waals surface area contributed by atoms with Gasteiger partial charge in [-0.15, -0.1) is 0 Å². The van der Waals surface area contributed by atoms with Gasteiger partial charge in [0.25, 0.3) is 0 Å². The number of sulfone groups is 2. The maximum Gasteiger partial charge on any atom is 0.185 e. The Hall–Kier alpha value is -0.140. The van der Waals surface area contributed by atoms with Crippen LogP contribution in [0.5, 0.6) is 0 Å². The van der Waals surface area contributed by atoms with Gasteiger partial charge >= 0.3 is 0 Å². The summed E-state index contributed by atoms with van der Waals surface area (Å²) in [5, 5.41) is 0. The predicted molar refractivity (Wildman–Crippen MR) is 45.4 cm³/mol. The fourth-order valence-electron chi connectivity index (χ4n) is 0.701. The quantitative estimate of drug-likeness (QED) is 0.605. The lowest BCUT2D eigenvalue weighted by molar-refractivity contribution is 0.210. The van der Waals surface area contributed by atoms with E-state index in [2.05, 4.69) is 4.74 Å². The third-order valence-electron chi connectivity index (χ3n) is 1.26. The fourth-order valence-corrected chi connectivity index (χ4v) is 4.01. The van der Waals surface area contributed by atoms with E-state index in [9.17, 15) is 16.8 Å². The second-order valence-corrected chi connectivity index (χ2v) is 7.30. The molecule has 74 valence electrons. The Morgan fingerprint density at radius 1 is 1.08 bits per heavy atom. The van der Waals surface area contributed by atoms with Crippen LogP contribution in [0.4, 0.5) is 0 Å². The SMILES string of the molecule is COCC(S(C)(=O)=O)S(C)(=O)=O. The van der Waals surface area contributed by atoms with Crippen LogP contribution in [0.15, 0.2) is 0 Å². The van der Waals surface area contributed by atoms with Gasteiger partial charge in [-0.25, -0.2) is 16.8 Å². The van der Waals surface area contributed by atoms with Gasteiger partial charge in [0.1, 0.15) is 0 Å².